The van der Waals surface area contributed by atoms with E-state index >= 15 is 0 Å². The lowest BCUT2D eigenvalue weighted by atomic mass is 10.2. The van der Waals surface area contributed by atoms with E-state index in [4.69, 9.17) is 17.3 Å². The number of nitrogens with two attached hydrogens (primary N) is 1. The summed E-state index contributed by atoms with van der Waals surface area (Å²) in [6, 6.07) is 6.97. The summed E-state index contributed by atoms with van der Waals surface area (Å²) >= 11 is 7.04. The maximum Gasteiger partial charge on any atom is 0.390 e. The van der Waals surface area contributed by atoms with Crippen LogP contribution >= 0.6 is 35.8 Å². The third-order valence-electron chi connectivity index (χ3n) is 5.14. The predicted octanol–water partition coefficient (Wildman–Crippen LogP) is 4.47. The van der Waals surface area contributed by atoms with Crippen molar-refractivity contribution in [2.75, 3.05) is 6.54 Å². The second-order valence-corrected chi connectivity index (χ2v) is 10.5. The molecule has 0 atom stereocenters. The zero-order valence-corrected chi connectivity index (χ0v) is 21.7. The zero-order valence-electron chi connectivity index (χ0n) is 19.3. The lowest BCUT2D eigenvalue weighted by molar-refractivity contribution is -0.136. The Bertz CT molecular complexity index is 1330. The van der Waals surface area contributed by atoms with E-state index in [0.717, 1.165) is 10.1 Å². The molecular weight excluding hydrogens is 526 g/mol. The quantitative estimate of drug-likeness (QED) is 0.417. The molecule has 0 saturated carbocycles. The van der Waals surface area contributed by atoms with Gasteiger partial charge in [-0.1, -0.05) is 47.6 Å². The Morgan fingerprint density at radius 2 is 1.77 bits per heavy atom. The van der Waals surface area contributed by atoms with Gasteiger partial charge in [0.05, 0.1) is 6.42 Å². The standard InChI is InChI=1S/C22H25ClF3N5O2S.ClH/c1-21(2,13-27)34-19-28-17-16(30(19)12-10-22(24,25)26)18(32)31(20(33)29(17)3)11-4-5-14-6-8-15(23)9-7-14;/h4-9H,10-13,27H2,1-3H3;1H. The van der Waals surface area contributed by atoms with Crippen LogP contribution in [0.2, 0.25) is 5.02 Å². The van der Waals surface area contributed by atoms with Gasteiger partial charge in [0.25, 0.3) is 5.56 Å². The number of hydrogen-bond acceptors (Lipinski definition) is 5. The summed E-state index contributed by atoms with van der Waals surface area (Å²) in [7, 11) is 1.44. The van der Waals surface area contributed by atoms with Gasteiger partial charge >= 0.3 is 11.9 Å². The number of aromatic nitrogens is 4. The first-order valence-corrected chi connectivity index (χ1v) is 11.6. The molecule has 7 nitrogen and oxygen atoms in total. The summed E-state index contributed by atoms with van der Waals surface area (Å²) < 4.78 is 42.0. The molecule has 0 aliphatic heterocycles. The van der Waals surface area contributed by atoms with Crippen LogP contribution in [-0.4, -0.2) is 36.2 Å². The molecule has 2 heterocycles. The topological polar surface area (TPSA) is 87.8 Å². The van der Waals surface area contributed by atoms with Crippen molar-refractivity contribution in [2.45, 2.75) is 49.4 Å². The number of nitrogens with zero attached hydrogens (tertiary/aromatic N) is 4. The summed E-state index contributed by atoms with van der Waals surface area (Å²) in [5.41, 5.74) is 5.26. The maximum atomic E-state index is 13.3. The van der Waals surface area contributed by atoms with Crippen molar-refractivity contribution in [1.82, 2.24) is 18.7 Å². The molecule has 0 radical (unpaired) electrons. The van der Waals surface area contributed by atoms with Crippen LogP contribution in [0.1, 0.15) is 25.8 Å². The van der Waals surface area contributed by atoms with E-state index in [0.29, 0.717) is 5.02 Å². The SMILES string of the molecule is Cl.Cn1c(=O)n(CC=Cc2ccc(Cl)cc2)c(=O)c2c1nc(SC(C)(C)CN)n2CCC(F)(F)F. The van der Waals surface area contributed by atoms with Gasteiger partial charge in [0.15, 0.2) is 16.3 Å². The van der Waals surface area contributed by atoms with Crippen LogP contribution in [0.3, 0.4) is 0 Å². The average molecular weight is 552 g/mol. The van der Waals surface area contributed by atoms with Gasteiger partial charge in [-0.3, -0.25) is 13.9 Å². The first-order chi connectivity index (χ1) is 15.8. The largest absolute Gasteiger partial charge is 0.390 e. The lowest BCUT2D eigenvalue weighted by Gasteiger charge is -2.21. The Hall–Kier alpha value is -2.21. The molecular formula is C22H26Cl2F3N5O2S. The minimum Gasteiger partial charge on any atom is -0.329 e. The number of aryl methyl sites for hydroxylation is 2. The lowest BCUT2D eigenvalue weighted by Crippen LogP contribution is -2.39. The highest BCUT2D eigenvalue weighted by Crippen LogP contribution is 2.33. The van der Waals surface area contributed by atoms with Gasteiger partial charge in [0.1, 0.15) is 0 Å². The van der Waals surface area contributed by atoms with Crippen molar-refractivity contribution >= 4 is 53.0 Å². The molecule has 0 aliphatic carbocycles. The minimum absolute atomic E-state index is 0. The first kappa shape index (κ1) is 29.0. The summed E-state index contributed by atoms with van der Waals surface area (Å²) in [5, 5.41) is 0.780. The van der Waals surface area contributed by atoms with Crippen LogP contribution in [0.25, 0.3) is 17.2 Å². The van der Waals surface area contributed by atoms with Gasteiger partial charge in [-0.05, 0) is 31.5 Å². The molecule has 0 saturated heterocycles. The van der Waals surface area contributed by atoms with Crippen LogP contribution < -0.4 is 17.0 Å². The second-order valence-electron chi connectivity index (χ2n) is 8.36. The fourth-order valence-electron chi connectivity index (χ4n) is 3.19. The van der Waals surface area contributed by atoms with Crippen molar-refractivity contribution in [3.8, 4) is 0 Å². The summed E-state index contributed by atoms with van der Waals surface area (Å²) in [4.78, 5) is 30.6. The molecule has 0 fully saturated rings. The van der Waals surface area contributed by atoms with E-state index < -0.39 is 35.1 Å². The number of thioether (sulfide) groups is 1. The van der Waals surface area contributed by atoms with Gasteiger partial charge in [-0.25, -0.2) is 9.78 Å². The molecule has 2 aromatic heterocycles. The highest BCUT2D eigenvalue weighted by molar-refractivity contribution is 8.00. The van der Waals surface area contributed by atoms with Gasteiger partial charge in [0, 0.05) is 36.5 Å². The highest BCUT2D eigenvalue weighted by atomic mass is 35.5. The van der Waals surface area contributed by atoms with Crippen molar-refractivity contribution in [2.24, 2.45) is 12.8 Å². The van der Waals surface area contributed by atoms with Crippen LogP contribution in [0.5, 0.6) is 0 Å². The number of rotatable bonds is 8. The summed E-state index contributed by atoms with van der Waals surface area (Å²) in [6.07, 6.45) is -2.23. The molecule has 0 aliphatic rings. The van der Waals surface area contributed by atoms with E-state index in [9.17, 15) is 22.8 Å². The summed E-state index contributed by atoms with van der Waals surface area (Å²) in [6.45, 7) is 3.31. The van der Waals surface area contributed by atoms with Crippen molar-refractivity contribution in [1.29, 1.82) is 0 Å². The first-order valence-electron chi connectivity index (χ1n) is 10.4. The zero-order chi connectivity index (χ0) is 25.3. The van der Waals surface area contributed by atoms with Crippen molar-refractivity contribution in [3.05, 3.63) is 61.8 Å². The second kappa shape index (κ2) is 11.2. The molecule has 192 valence electrons. The Labute approximate surface area is 215 Å². The monoisotopic (exact) mass is 551 g/mol. The molecule has 0 unspecified atom stereocenters. The van der Waals surface area contributed by atoms with Crippen LogP contribution in [0.15, 0.2) is 45.1 Å². The average Bonchev–Trinajstić information content (AvgIpc) is 3.11. The van der Waals surface area contributed by atoms with Gasteiger partial charge in [-0.2, -0.15) is 13.2 Å². The fraction of sp³-hybridized carbons (Fsp3) is 0.409. The van der Waals surface area contributed by atoms with Gasteiger partial charge < -0.3 is 10.3 Å². The van der Waals surface area contributed by atoms with E-state index in [1.54, 1.807) is 36.4 Å². The fourth-order valence-corrected chi connectivity index (χ4v) is 4.32. The maximum absolute atomic E-state index is 13.3. The van der Waals surface area contributed by atoms with E-state index in [-0.39, 0.29) is 41.8 Å². The Morgan fingerprint density at radius 1 is 1.14 bits per heavy atom. The molecule has 1 aromatic carbocycles. The molecule has 3 rings (SSSR count). The van der Waals surface area contributed by atoms with E-state index in [2.05, 4.69) is 4.98 Å². The Balaban J connectivity index is 0.00000432. The van der Waals surface area contributed by atoms with Crippen molar-refractivity contribution < 1.29 is 13.2 Å². The molecule has 3 aromatic rings. The third-order valence-corrected chi connectivity index (χ3v) is 6.61. The summed E-state index contributed by atoms with van der Waals surface area (Å²) in [5.74, 6) is 0. The van der Waals surface area contributed by atoms with Crippen molar-refractivity contribution in [3.63, 3.8) is 0 Å². The Kier molecular flexibility index (Phi) is 9.32. The number of benzene rings is 1. The molecule has 0 spiro atoms. The van der Waals surface area contributed by atoms with Gasteiger partial charge in [0.2, 0.25) is 0 Å². The number of alkyl halides is 3. The molecule has 0 amide bonds. The van der Waals surface area contributed by atoms with Crippen LogP contribution in [-0.2, 0) is 20.1 Å². The molecule has 2 N–H and O–H groups in total. The smallest absolute Gasteiger partial charge is 0.329 e. The van der Waals surface area contributed by atoms with Gasteiger partial charge in [-0.15, -0.1) is 12.4 Å². The minimum atomic E-state index is -4.43. The number of halogens is 5. The Morgan fingerprint density at radius 3 is 2.34 bits per heavy atom. The predicted molar refractivity (Wildman–Crippen MR) is 137 cm³/mol. The number of fused-ring (bicyclic) bond motifs is 1. The molecule has 0 bridgehead atoms. The number of imidazole rings is 1. The van der Waals surface area contributed by atoms with E-state index in [1.807, 2.05) is 13.8 Å². The molecule has 35 heavy (non-hydrogen) atoms. The number of allylic oxidation sites excluding steroid dienone is 1. The van der Waals surface area contributed by atoms with E-state index in [1.165, 1.54) is 27.9 Å². The number of hydrogen-bond donors (Lipinski definition) is 1. The van der Waals surface area contributed by atoms with Crippen LogP contribution in [0.4, 0.5) is 13.2 Å². The van der Waals surface area contributed by atoms with Crippen LogP contribution in [0, 0.1) is 0 Å². The normalized spacial score (nSPS) is 12.5. The molecule has 13 heteroatoms. The third kappa shape index (κ3) is 6.93. The highest BCUT2D eigenvalue weighted by Gasteiger charge is 2.30.